The Labute approximate surface area is 128 Å². The average molecular weight is 331 g/mol. The van der Waals surface area contributed by atoms with Crippen molar-refractivity contribution in [2.24, 2.45) is 5.73 Å². The number of nitrogens with two attached hydrogens (primary N) is 1. The molecular formula is C11H11ClN4O4S. The minimum Gasteiger partial charge on any atom is -0.481 e. The standard InChI is InChI=1S/C11H11ClN4O4S/c12-6-3-7-9(14-4-6)16(1-2-20-10(13)19)11(15-7)21-5-8(17)18/h3-4H,1-2,5H2,(H2,13,19)(H,17,18). The van der Waals surface area contributed by atoms with E-state index < -0.39 is 12.1 Å². The van der Waals surface area contributed by atoms with Crippen molar-refractivity contribution in [1.29, 1.82) is 0 Å². The summed E-state index contributed by atoms with van der Waals surface area (Å²) in [6, 6.07) is 1.63. The number of carboxylic acids is 1. The number of imidazole rings is 1. The van der Waals surface area contributed by atoms with Crippen molar-refractivity contribution in [3.63, 3.8) is 0 Å². The molecule has 2 aromatic rings. The molecular weight excluding hydrogens is 320 g/mol. The van der Waals surface area contributed by atoms with Gasteiger partial charge in [0.05, 0.1) is 17.3 Å². The molecule has 0 aliphatic carbocycles. The second-order valence-electron chi connectivity index (χ2n) is 3.89. The summed E-state index contributed by atoms with van der Waals surface area (Å²) in [5.74, 6) is -1.11. The third-order valence-corrected chi connectivity index (χ3v) is 3.57. The maximum absolute atomic E-state index is 10.7. The molecule has 2 rings (SSSR count). The number of carboxylic acid groups (broad SMARTS) is 1. The lowest BCUT2D eigenvalue weighted by molar-refractivity contribution is -0.133. The number of pyridine rings is 1. The van der Waals surface area contributed by atoms with Gasteiger partial charge in [0, 0.05) is 6.20 Å². The number of thioether (sulfide) groups is 1. The molecule has 112 valence electrons. The first kappa shape index (κ1) is 15.4. The molecule has 0 aliphatic heterocycles. The van der Waals surface area contributed by atoms with E-state index in [2.05, 4.69) is 14.7 Å². The number of hydrogen-bond donors (Lipinski definition) is 2. The van der Waals surface area contributed by atoms with Gasteiger partial charge in [-0.2, -0.15) is 0 Å². The van der Waals surface area contributed by atoms with Gasteiger partial charge in [-0.1, -0.05) is 23.4 Å². The Kier molecular flexibility index (Phi) is 4.86. The van der Waals surface area contributed by atoms with Crippen LogP contribution in [-0.2, 0) is 16.1 Å². The molecule has 0 saturated heterocycles. The Balaban J connectivity index is 2.29. The molecule has 2 heterocycles. The third-order valence-electron chi connectivity index (χ3n) is 2.40. The van der Waals surface area contributed by atoms with Crippen LogP contribution < -0.4 is 5.73 Å². The monoisotopic (exact) mass is 330 g/mol. The summed E-state index contributed by atoms with van der Waals surface area (Å²) >= 11 is 6.90. The summed E-state index contributed by atoms with van der Waals surface area (Å²) in [5.41, 5.74) is 5.96. The number of aliphatic carboxylic acids is 1. The summed E-state index contributed by atoms with van der Waals surface area (Å²) in [4.78, 5) is 29.7. The molecule has 10 heteroatoms. The van der Waals surface area contributed by atoms with Crippen molar-refractivity contribution in [3.8, 4) is 0 Å². The lowest BCUT2D eigenvalue weighted by Gasteiger charge is -2.07. The predicted molar refractivity (Wildman–Crippen MR) is 76.4 cm³/mol. The number of halogens is 1. The van der Waals surface area contributed by atoms with Crippen LogP contribution in [0.25, 0.3) is 11.2 Å². The lowest BCUT2D eigenvalue weighted by Crippen LogP contribution is -2.17. The molecule has 0 saturated carbocycles. The highest BCUT2D eigenvalue weighted by molar-refractivity contribution is 7.99. The highest BCUT2D eigenvalue weighted by atomic mass is 35.5. The van der Waals surface area contributed by atoms with Gasteiger partial charge in [0.15, 0.2) is 10.8 Å². The van der Waals surface area contributed by atoms with Gasteiger partial charge in [-0.25, -0.2) is 14.8 Å². The van der Waals surface area contributed by atoms with Gasteiger partial charge in [-0.05, 0) is 6.07 Å². The summed E-state index contributed by atoms with van der Waals surface area (Å²) in [5, 5.41) is 9.63. The number of carbonyl (C=O) groups is 2. The van der Waals surface area contributed by atoms with Gasteiger partial charge in [0.2, 0.25) is 0 Å². The number of amides is 1. The maximum atomic E-state index is 10.7. The quantitative estimate of drug-likeness (QED) is 0.767. The van der Waals surface area contributed by atoms with Gasteiger partial charge in [-0.3, -0.25) is 4.79 Å². The minimum absolute atomic E-state index is 0.0335. The molecule has 0 radical (unpaired) electrons. The van der Waals surface area contributed by atoms with Crippen LogP contribution in [-0.4, -0.2) is 44.1 Å². The van der Waals surface area contributed by atoms with Crippen LogP contribution in [0.4, 0.5) is 4.79 Å². The summed E-state index contributed by atoms with van der Waals surface area (Å²) in [6.45, 7) is 0.293. The first-order chi connectivity index (χ1) is 9.97. The van der Waals surface area contributed by atoms with E-state index in [0.717, 1.165) is 11.8 Å². The van der Waals surface area contributed by atoms with Crippen LogP contribution >= 0.6 is 23.4 Å². The number of nitrogens with zero attached hydrogens (tertiary/aromatic N) is 3. The van der Waals surface area contributed by atoms with Crippen LogP contribution in [0.2, 0.25) is 5.02 Å². The van der Waals surface area contributed by atoms with E-state index in [1.165, 1.54) is 6.20 Å². The number of rotatable bonds is 6. The molecule has 0 bridgehead atoms. The number of fused-ring (bicyclic) bond motifs is 1. The van der Waals surface area contributed by atoms with Gasteiger partial charge in [-0.15, -0.1) is 0 Å². The van der Waals surface area contributed by atoms with Crippen LogP contribution in [0.15, 0.2) is 17.4 Å². The van der Waals surface area contributed by atoms with E-state index in [9.17, 15) is 9.59 Å². The fraction of sp³-hybridized carbons (Fsp3) is 0.273. The van der Waals surface area contributed by atoms with Crippen LogP contribution in [0, 0.1) is 0 Å². The van der Waals surface area contributed by atoms with Crippen molar-refractivity contribution in [1.82, 2.24) is 14.5 Å². The van der Waals surface area contributed by atoms with E-state index in [1.54, 1.807) is 10.6 Å². The predicted octanol–water partition coefficient (Wildman–Crippen LogP) is 1.36. The smallest absolute Gasteiger partial charge is 0.404 e. The van der Waals surface area contributed by atoms with Crippen LogP contribution in [0.3, 0.4) is 0 Å². The van der Waals surface area contributed by atoms with Crippen LogP contribution in [0.5, 0.6) is 0 Å². The first-order valence-electron chi connectivity index (χ1n) is 5.76. The summed E-state index contributed by atoms with van der Waals surface area (Å²) in [7, 11) is 0. The van der Waals surface area contributed by atoms with Crippen molar-refractivity contribution in [2.75, 3.05) is 12.4 Å². The maximum Gasteiger partial charge on any atom is 0.404 e. The van der Waals surface area contributed by atoms with Crippen molar-refractivity contribution < 1.29 is 19.4 Å². The minimum atomic E-state index is -0.960. The molecule has 0 fully saturated rings. The molecule has 0 atom stereocenters. The van der Waals surface area contributed by atoms with E-state index in [1.807, 2.05) is 0 Å². The molecule has 1 amide bonds. The van der Waals surface area contributed by atoms with Gasteiger partial charge in [0.1, 0.15) is 12.1 Å². The van der Waals surface area contributed by atoms with Gasteiger partial charge < -0.3 is 20.1 Å². The molecule has 3 N–H and O–H groups in total. The summed E-state index contributed by atoms with van der Waals surface area (Å²) < 4.78 is 6.33. The Bertz CT molecular complexity index is 690. The van der Waals surface area contributed by atoms with E-state index in [0.29, 0.717) is 21.3 Å². The fourth-order valence-electron chi connectivity index (χ4n) is 1.64. The second kappa shape index (κ2) is 6.64. The number of hydrogen-bond acceptors (Lipinski definition) is 6. The zero-order valence-corrected chi connectivity index (χ0v) is 12.2. The van der Waals surface area contributed by atoms with Crippen molar-refractivity contribution >= 4 is 46.6 Å². The summed E-state index contributed by atoms with van der Waals surface area (Å²) in [6.07, 6.45) is 0.581. The zero-order chi connectivity index (χ0) is 15.4. The Morgan fingerprint density at radius 3 is 2.95 bits per heavy atom. The SMILES string of the molecule is NC(=O)OCCn1c(SCC(=O)O)nc2cc(Cl)cnc21. The molecule has 21 heavy (non-hydrogen) atoms. The number of carbonyl (C=O) groups excluding carboxylic acids is 1. The molecule has 0 aromatic carbocycles. The molecule has 8 nitrogen and oxygen atoms in total. The molecule has 0 unspecified atom stereocenters. The van der Waals surface area contributed by atoms with Gasteiger partial charge >= 0.3 is 12.1 Å². The normalized spacial score (nSPS) is 10.7. The topological polar surface area (TPSA) is 120 Å². The second-order valence-corrected chi connectivity index (χ2v) is 5.27. The average Bonchev–Trinajstić information content (AvgIpc) is 2.73. The van der Waals surface area contributed by atoms with Crippen molar-refractivity contribution in [3.05, 3.63) is 17.3 Å². The van der Waals surface area contributed by atoms with E-state index in [4.69, 9.17) is 22.4 Å². The van der Waals surface area contributed by atoms with E-state index in [-0.39, 0.29) is 18.9 Å². The Hall–Kier alpha value is -2.00. The highest BCUT2D eigenvalue weighted by Gasteiger charge is 2.14. The Morgan fingerprint density at radius 2 is 2.29 bits per heavy atom. The number of primary amides is 1. The fourth-order valence-corrected chi connectivity index (χ4v) is 2.54. The Morgan fingerprint density at radius 1 is 1.52 bits per heavy atom. The zero-order valence-electron chi connectivity index (χ0n) is 10.7. The molecule has 0 aliphatic rings. The van der Waals surface area contributed by atoms with Crippen LogP contribution in [0.1, 0.15) is 0 Å². The largest absolute Gasteiger partial charge is 0.481 e. The van der Waals surface area contributed by atoms with Gasteiger partial charge in [0.25, 0.3) is 0 Å². The number of ether oxygens (including phenoxy) is 1. The lowest BCUT2D eigenvalue weighted by atomic mass is 10.4. The number of aromatic nitrogens is 3. The van der Waals surface area contributed by atoms with E-state index >= 15 is 0 Å². The molecule has 2 aromatic heterocycles. The highest BCUT2D eigenvalue weighted by Crippen LogP contribution is 2.24. The third kappa shape index (κ3) is 3.99. The molecule has 0 spiro atoms. The van der Waals surface area contributed by atoms with Crippen molar-refractivity contribution in [2.45, 2.75) is 11.7 Å². The first-order valence-corrected chi connectivity index (χ1v) is 7.12.